The normalized spacial score (nSPS) is 17.5. The van der Waals surface area contributed by atoms with Gasteiger partial charge in [-0.05, 0) is 50.0 Å². The molecule has 0 unspecified atom stereocenters. The monoisotopic (exact) mass is 334 g/mol. The van der Waals surface area contributed by atoms with Gasteiger partial charge in [-0.2, -0.15) is 13.2 Å². The van der Waals surface area contributed by atoms with Crippen LogP contribution in [-0.2, 0) is 11.0 Å². The minimum absolute atomic E-state index is 0.104. The van der Waals surface area contributed by atoms with Gasteiger partial charge in [0.25, 0.3) is 0 Å². The standard InChI is InChI=1S/C15H18ClF3N2O/c1-10-4-6-21(7-5-10)9-14(22)20-11-2-3-13(16)12(8-11)15(17,18)19/h2-3,8,10H,4-7,9H2,1H3,(H,20,22). The number of nitrogens with zero attached hydrogens (tertiary/aromatic N) is 1. The van der Waals surface area contributed by atoms with Crippen molar-refractivity contribution in [2.45, 2.75) is 25.9 Å². The Bertz CT molecular complexity index is 540. The van der Waals surface area contributed by atoms with Crippen molar-refractivity contribution in [3.05, 3.63) is 28.8 Å². The molecule has 7 heteroatoms. The van der Waals surface area contributed by atoms with Gasteiger partial charge in [-0.1, -0.05) is 18.5 Å². The summed E-state index contributed by atoms with van der Waals surface area (Å²) in [5, 5.41) is 2.12. The predicted octanol–water partition coefficient (Wildman–Crippen LogP) is 4.03. The highest BCUT2D eigenvalue weighted by Crippen LogP contribution is 2.36. The van der Waals surface area contributed by atoms with Crippen molar-refractivity contribution in [3.63, 3.8) is 0 Å². The number of carbonyl (C=O) groups excluding carboxylic acids is 1. The molecule has 0 saturated carbocycles. The number of nitrogens with one attached hydrogen (secondary N) is 1. The van der Waals surface area contributed by atoms with Crippen molar-refractivity contribution < 1.29 is 18.0 Å². The average Bonchev–Trinajstić information content (AvgIpc) is 2.42. The highest BCUT2D eigenvalue weighted by Gasteiger charge is 2.33. The topological polar surface area (TPSA) is 32.3 Å². The fourth-order valence-electron chi connectivity index (χ4n) is 2.44. The van der Waals surface area contributed by atoms with Gasteiger partial charge in [-0.3, -0.25) is 9.69 Å². The SMILES string of the molecule is CC1CCN(CC(=O)Nc2ccc(Cl)c(C(F)(F)F)c2)CC1. The Hall–Kier alpha value is -1.27. The summed E-state index contributed by atoms with van der Waals surface area (Å²) in [6.07, 6.45) is -2.47. The minimum atomic E-state index is -4.54. The number of benzene rings is 1. The van der Waals surface area contributed by atoms with Gasteiger partial charge in [0, 0.05) is 5.69 Å². The van der Waals surface area contributed by atoms with Crippen LogP contribution in [0.15, 0.2) is 18.2 Å². The van der Waals surface area contributed by atoms with Crippen molar-refractivity contribution in [2.75, 3.05) is 25.0 Å². The first kappa shape index (κ1) is 17.1. The Morgan fingerprint density at radius 2 is 2.00 bits per heavy atom. The molecule has 1 fully saturated rings. The van der Waals surface area contributed by atoms with Crippen LogP contribution < -0.4 is 5.32 Å². The first-order valence-electron chi connectivity index (χ1n) is 7.14. The number of anilines is 1. The first-order chi connectivity index (χ1) is 10.3. The van der Waals surface area contributed by atoms with Gasteiger partial charge >= 0.3 is 6.18 Å². The minimum Gasteiger partial charge on any atom is -0.325 e. The summed E-state index contributed by atoms with van der Waals surface area (Å²) in [5.41, 5.74) is -0.842. The summed E-state index contributed by atoms with van der Waals surface area (Å²) in [6.45, 7) is 4.03. The predicted molar refractivity (Wildman–Crippen MR) is 79.9 cm³/mol. The van der Waals surface area contributed by atoms with Crippen molar-refractivity contribution >= 4 is 23.2 Å². The van der Waals surface area contributed by atoms with Crippen LogP contribution in [0.25, 0.3) is 0 Å². The van der Waals surface area contributed by atoms with Crippen LogP contribution >= 0.6 is 11.6 Å². The third-order valence-electron chi connectivity index (χ3n) is 3.80. The largest absolute Gasteiger partial charge is 0.417 e. The lowest BCUT2D eigenvalue weighted by Crippen LogP contribution is -2.38. The Morgan fingerprint density at radius 1 is 1.36 bits per heavy atom. The fraction of sp³-hybridized carbons (Fsp3) is 0.533. The van der Waals surface area contributed by atoms with E-state index >= 15 is 0 Å². The molecule has 1 amide bonds. The Morgan fingerprint density at radius 3 is 2.59 bits per heavy atom. The van der Waals surface area contributed by atoms with Crippen molar-refractivity contribution in [2.24, 2.45) is 5.92 Å². The van der Waals surface area contributed by atoms with Gasteiger partial charge in [0.2, 0.25) is 5.91 Å². The second-order valence-corrected chi connectivity index (χ2v) is 6.11. The fourth-order valence-corrected chi connectivity index (χ4v) is 2.67. The lowest BCUT2D eigenvalue weighted by atomic mass is 9.99. The number of likely N-dealkylation sites (tertiary alicyclic amines) is 1. The molecule has 1 aromatic carbocycles. The highest BCUT2D eigenvalue weighted by atomic mass is 35.5. The molecular formula is C15H18ClF3N2O. The molecule has 22 heavy (non-hydrogen) atoms. The average molecular weight is 335 g/mol. The van der Waals surface area contributed by atoms with Crippen LogP contribution in [0.1, 0.15) is 25.3 Å². The highest BCUT2D eigenvalue weighted by molar-refractivity contribution is 6.31. The van der Waals surface area contributed by atoms with E-state index in [9.17, 15) is 18.0 Å². The van der Waals surface area contributed by atoms with Crippen LogP contribution in [0.2, 0.25) is 5.02 Å². The summed E-state index contributed by atoms with van der Waals surface area (Å²) in [7, 11) is 0. The zero-order chi connectivity index (χ0) is 16.3. The zero-order valence-corrected chi connectivity index (χ0v) is 13.0. The molecular weight excluding hydrogens is 317 g/mol. The molecule has 1 N–H and O–H groups in total. The van der Waals surface area contributed by atoms with Crippen LogP contribution in [0, 0.1) is 5.92 Å². The number of halogens is 4. The zero-order valence-electron chi connectivity index (χ0n) is 12.2. The van der Waals surface area contributed by atoms with Crippen LogP contribution in [0.4, 0.5) is 18.9 Å². The second kappa shape index (κ2) is 6.87. The van der Waals surface area contributed by atoms with Gasteiger partial charge in [0.1, 0.15) is 0 Å². The van der Waals surface area contributed by atoms with Crippen LogP contribution in [-0.4, -0.2) is 30.4 Å². The number of hydrogen-bond acceptors (Lipinski definition) is 2. The van der Waals surface area contributed by atoms with Gasteiger partial charge in [0.15, 0.2) is 0 Å². The number of piperidine rings is 1. The Kier molecular flexibility index (Phi) is 5.34. The van der Waals surface area contributed by atoms with E-state index in [1.807, 2.05) is 4.90 Å². The Balaban J connectivity index is 1.97. The van der Waals surface area contributed by atoms with E-state index in [1.165, 1.54) is 6.07 Å². The maximum Gasteiger partial charge on any atom is 0.417 e. The molecule has 122 valence electrons. The van der Waals surface area contributed by atoms with E-state index in [1.54, 1.807) is 0 Å². The Labute approximate surface area is 132 Å². The lowest BCUT2D eigenvalue weighted by Gasteiger charge is -2.29. The van der Waals surface area contributed by atoms with Crippen molar-refractivity contribution in [3.8, 4) is 0 Å². The number of alkyl halides is 3. The molecule has 0 spiro atoms. The number of amides is 1. The number of hydrogen-bond donors (Lipinski definition) is 1. The van der Waals surface area contributed by atoms with E-state index in [4.69, 9.17) is 11.6 Å². The third kappa shape index (κ3) is 4.61. The quantitative estimate of drug-likeness (QED) is 0.905. The summed E-state index contributed by atoms with van der Waals surface area (Å²) >= 11 is 5.55. The molecule has 1 aliphatic heterocycles. The summed E-state index contributed by atoms with van der Waals surface area (Å²) < 4.78 is 38.3. The molecule has 0 aromatic heterocycles. The van der Waals surface area contributed by atoms with E-state index in [-0.39, 0.29) is 23.2 Å². The second-order valence-electron chi connectivity index (χ2n) is 5.70. The smallest absolute Gasteiger partial charge is 0.325 e. The summed E-state index contributed by atoms with van der Waals surface area (Å²) in [4.78, 5) is 14.0. The summed E-state index contributed by atoms with van der Waals surface area (Å²) in [6, 6.07) is 3.37. The van der Waals surface area contributed by atoms with Crippen molar-refractivity contribution in [1.82, 2.24) is 4.90 Å². The van der Waals surface area contributed by atoms with Crippen LogP contribution in [0.3, 0.4) is 0 Å². The molecule has 1 saturated heterocycles. The molecule has 1 aliphatic rings. The third-order valence-corrected chi connectivity index (χ3v) is 4.13. The van der Waals surface area contributed by atoms with E-state index in [0.29, 0.717) is 5.92 Å². The maximum atomic E-state index is 12.8. The molecule has 1 heterocycles. The molecule has 1 aromatic rings. The van der Waals surface area contributed by atoms with E-state index < -0.39 is 11.7 Å². The molecule has 0 atom stereocenters. The van der Waals surface area contributed by atoms with Crippen molar-refractivity contribution in [1.29, 1.82) is 0 Å². The molecule has 0 bridgehead atoms. The van der Waals surface area contributed by atoms with Gasteiger partial charge in [0.05, 0.1) is 17.1 Å². The van der Waals surface area contributed by atoms with E-state index in [2.05, 4.69) is 12.2 Å². The molecule has 3 nitrogen and oxygen atoms in total. The lowest BCUT2D eigenvalue weighted by molar-refractivity contribution is -0.137. The maximum absolute atomic E-state index is 12.8. The first-order valence-corrected chi connectivity index (χ1v) is 7.52. The van der Waals surface area contributed by atoms with E-state index in [0.717, 1.165) is 38.1 Å². The summed E-state index contributed by atoms with van der Waals surface area (Å²) in [5.74, 6) is 0.343. The molecule has 2 rings (SSSR count). The number of rotatable bonds is 3. The van der Waals surface area contributed by atoms with Gasteiger partial charge in [-0.15, -0.1) is 0 Å². The van der Waals surface area contributed by atoms with Gasteiger partial charge < -0.3 is 5.32 Å². The van der Waals surface area contributed by atoms with Gasteiger partial charge in [-0.25, -0.2) is 0 Å². The molecule has 0 aliphatic carbocycles. The molecule has 0 radical (unpaired) electrons. The number of carbonyl (C=O) groups is 1. The van der Waals surface area contributed by atoms with Crippen LogP contribution in [0.5, 0.6) is 0 Å².